The summed E-state index contributed by atoms with van der Waals surface area (Å²) in [5.41, 5.74) is 7.76. The number of ketones is 1. The molecule has 4 N–H and O–H groups in total. The van der Waals surface area contributed by atoms with Crippen LogP contribution in [0.1, 0.15) is 82.3 Å². The van der Waals surface area contributed by atoms with Crippen molar-refractivity contribution >= 4 is 11.8 Å². The van der Waals surface area contributed by atoms with Crippen LogP contribution in [0.5, 0.6) is 11.5 Å². The highest BCUT2D eigenvalue weighted by atomic mass is 16.5. The van der Waals surface area contributed by atoms with Gasteiger partial charge in [0.1, 0.15) is 17.4 Å². The zero-order valence-corrected chi connectivity index (χ0v) is 21.7. The number of benzene rings is 2. The van der Waals surface area contributed by atoms with Gasteiger partial charge in [-0.2, -0.15) is 0 Å². The molecule has 0 unspecified atom stereocenters. The number of unbranched alkanes of at least 4 members (excludes halogenated alkanes) is 9. The average molecular weight is 498 g/mol. The van der Waals surface area contributed by atoms with Crippen molar-refractivity contribution in [2.24, 2.45) is 11.7 Å². The summed E-state index contributed by atoms with van der Waals surface area (Å²) in [7, 11) is 0. The van der Waals surface area contributed by atoms with Crippen LogP contribution in [0.4, 0.5) is 0 Å². The van der Waals surface area contributed by atoms with Gasteiger partial charge in [-0.15, -0.1) is 0 Å². The van der Waals surface area contributed by atoms with E-state index in [0.29, 0.717) is 6.61 Å². The van der Waals surface area contributed by atoms with Gasteiger partial charge < -0.3 is 20.7 Å². The number of phenolic OH excluding ortho intramolecular Hbond substituents is 2. The first kappa shape index (κ1) is 29.4. The Labute approximate surface area is 215 Å². The fourth-order valence-corrected chi connectivity index (χ4v) is 4.28. The lowest BCUT2D eigenvalue weighted by molar-refractivity contribution is -0.152. The predicted octanol–water partition coefficient (Wildman–Crippen LogP) is 5.86. The summed E-state index contributed by atoms with van der Waals surface area (Å²) < 4.78 is 5.51. The fourth-order valence-electron chi connectivity index (χ4n) is 4.28. The van der Waals surface area contributed by atoms with Crippen LogP contribution in [0.15, 0.2) is 48.5 Å². The maximum atomic E-state index is 13.2. The second-order valence-electron chi connectivity index (χ2n) is 9.65. The molecular formula is C30H43NO5. The molecule has 0 saturated heterocycles. The number of carbonyl (C=O) groups excluding carboxylic acids is 2. The number of carbonyl (C=O) groups is 2. The summed E-state index contributed by atoms with van der Waals surface area (Å²) in [4.78, 5) is 26.1. The van der Waals surface area contributed by atoms with Crippen LogP contribution in [0, 0.1) is 5.92 Å². The van der Waals surface area contributed by atoms with Crippen molar-refractivity contribution in [3.05, 3.63) is 59.7 Å². The van der Waals surface area contributed by atoms with Crippen molar-refractivity contribution in [3.63, 3.8) is 0 Å². The van der Waals surface area contributed by atoms with Gasteiger partial charge in [0, 0.05) is 0 Å². The zero-order chi connectivity index (χ0) is 26.2. The predicted molar refractivity (Wildman–Crippen MR) is 143 cm³/mol. The fraction of sp³-hybridized carbons (Fsp3) is 0.533. The van der Waals surface area contributed by atoms with Crippen LogP contribution >= 0.6 is 0 Å². The molecule has 2 atom stereocenters. The zero-order valence-electron chi connectivity index (χ0n) is 21.7. The molecule has 2 aromatic rings. The van der Waals surface area contributed by atoms with Gasteiger partial charge in [-0.25, -0.2) is 0 Å². The molecule has 36 heavy (non-hydrogen) atoms. The molecule has 2 rings (SSSR count). The smallest absolute Gasteiger partial charge is 0.316 e. The van der Waals surface area contributed by atoms with Crippen molar-refractivity contribution in [1.29, 1.82) is 0 Å². The Balaban J connectivity index is 1.84. The van der Waals surface area contributed by atoms with Crippen molar-refractivity contribution in [3.8, 4) is 11.5 Å². The summed E-state index contributed by atoms with van der Waals surface area (Å²) in [5.74, 6) is -1.67. The van der Waals surface area contributed by atoms with E-state index in [1.807, 2.05) is 0 Å². The van der Waals surface area contributed by atoms with Crippen molar-refractivity contribution in [2.45, 2.75) is 90.0 Å². The Kier molecular flexibility index (Phi) is 13.7. The Morgan fingerprint density at radius 1 is 0.722 bits per heavy atom. The highest BCUT2D eigenvalue weighted by Gasteiger charge is 2.32. The minimum atomic E-state index is -1.01. The van der Waals surface area contributed by atoms with Crippen molar-refractivity contribution in [2.75, 3.05) is 6.61 Å². The lowest BCUT2D eigenvalue weighted by Gasteiger charge is -2.19. The van der Waals surface area contributed by atoms with E-state index in [9.17, 15) is 19.8 Å². The van der Waals surface area contributed by atoms with Crippen LogP contribution in [0.25, 0.3) is 0 Å². The monoisotopic (exact) mass is 497 g/mol. The van der Waals surface area contributed by atoms with Gasteiger partial charge in [0.05, 0.1) is 12.6 Å². The molecule has 0 aliphatic heterocycles. The van der Waals surface area contributed by atoms with Gasteiger partial charge in [0.25, 0.3) is 0 Å². The molecule has 6 nitrogen and oxygen atoms in total. The Hall–Kier alpha value is -2.86. The number of rotatable bonds is 18. The van der Waals surface area contributed by atoms with Gasteiger partial charge in [-0.3, -0.25) is 9.59 Å². The molecule has 2 aromatic carbocycles. The summed E-state index contributed by atoms with van der Waals surface area (Å²) >= 11 is 0. The van der Waals surface area contributed by atoms with Gasteiger partial charge >= 0.3 is 5.97 Å². The van der Waals surface area contributed by atoms with Crippen molar-refractivity contribution in [1.82, 2.24) is 0 Å². The third-order valence-corrected chi connectivity index (χ3v) is 6.50. The normalized spacial score (nSPS) is 12.7. The Morgan fingerprint density at radius 3 is 1.67 bits per heavy atom. The molecular weight excluding hydrogens is 454 g/mol. The first-order valence-corrected chi connectivity index (χ1v) is 13.4. The summed E-state index contributed by atoms with van der Waals surface area (Å²) in [6.07, 6.45) is 12.3. The minimum absolute atomic E-state index is 0.120. The van der Waals surface area contributed by atoms with E-state index in [1.54, 1.807) is 36.4 Å². The van der Waals surface area contributed by atoms with E-state index in [4.69, 9.17) is 10.5 Å². The maximum Gasteiger partial charge on any atom is 0.316 e. The molecule has 0 radical (unpaired) electrons. The number of phenols is 2. The largest absolute Gasteiger partial charge is 0.508 e. The van der Waals surface area contributed by atoms with E-state index < -0.39 is 17.9 Å². The summed E-state index contributed by atoms with van der Waals surface area (Å²) in [6.45, 7) is 2.52. The van der Waals surface area contributed by atoms with Crippen LogP contribution in [-0.2, 0) is 27.2 Å². The number of nitrogens with two attached hydrogens (primary N) is 1. The SMILES string of the molecule is CCCCCCCCCCCCOC(=O)[C@H](Cc1ccc(O)cc1)C(=O)[C@@H](N)Cc1ccc(O)cc1. The molecule has 0 heterocycles. The molecule has 0 fully saturated rings. The number of hydrogen-bond acceptors (Lipinski definition) is 6. The van der Waals surface area contributed by atoms with E-state index >= 15 is 0 Å². The molecule has 0 bridgehead atoms. The third kappa shape index (κ3) is 11.3. The molecule has 6 heteroatoms. The van der Waals surface area contributed by atoms with Crippen molar-refractivity contribution < 1.29 is 24.5 Å². The van der Waals surface area contributed by atoms with E-state index in [2.05, 4.69) is 6.92 Å². The van der Waals surface area contributed by atoms with E-state index in [1.165, 1.54) is 57.1 Å². The first-order chi connectivity index (χ1) is 17.4. The highest BCUT2D eigenvalue weighted by molar-refractivity contribution is 6.02. The first-order valence-electron chi connectivity index (χ1n) is 13.4. The number of ether oxygens (including phenoxy) is 1. The average Bonchev–Trinajstić information content (AvgIpc) is 2.87. The van der Waals surface area contributed by atoms with Crippen LogP contribution in [0.2, 0.25) is 0 Å². The van der Waals surface area contributed by atoms with Gasteiger partial charge in [0.15, 0.2) is 5.78 Å². The van der Waals surface area contributed by atoms with E-state index in [-0.39, 0.29) is 30.1 Å². The highest BCUT2D eigenvalue weighted by Crippen LogP contribution is 2.19. The number of esters is 1. The third-order valence-electron chi connectivity index (χ3n) is 6.50. The molecule has 0 aromatic heterocycles. The maximum absolute atomic E-state index is 13.2. The van der Waals surface area contributed by atoms with Crippen LogP contribution in [-0.4, -0.2) is 34.6 Å². The molecule has 0 aliphatic carbocycles. The lowest BCUT2D eigenvalue weighted by atomic mass is 9.89. The van der Waals surface area contributed by atoms with Gasteiger partial charge in [0.2, 0.25) is 0 Å². The second kappa shape index (κ2) is 16.7. The molecule has 0 spiro atoms. The Morgan fingerprint density at radius 2 is 1.17 bits per heavy atom. The second-order valence-corrected chi connectivity index (χ2v) is 9.65. The molecule has 0 saturated carbocycles. The summed E-state index contributed by atoms with van der Waals surface area (Å²) in [6, 6.07) is 12.1. The summed E-state index contributed by atoms with van der Waals surface area (Å²) in [5, 5.41) is 19.0. The van der Waals surface area contributed by atoms with Gasteiger partial charge in [-0.1, -0.05) is 89.0 Å². The van der Waals surface area contributed by atoms with Crippen LogP contribution < -0.4 is 5.73 Å². The number of aromatic hydroxyl groups is 2. The van der Waals surface area contributed by atoms with E-state index in [0.717, 1.165) is 30.4 Å². The molecule has 198 valence electrons. The minimum Gasteiger partial charge on any atom is -0.508 e. The Bertz CT molecular complexity index is 895. The molecule has 0 amide bonds. The lowest BCUT2D eigenvalue weighted by Crippen LogP contribution is -2.42. The standard InChI is InChI=1S/C30H43NO5/c1-2-3-4-5-6-7-8-9-10-11-20-36-30(35)27(21-23-12-16-25(32)17-13-23)29(34)28(31)22-24-14-18-26(33)19-15-24/h12-19,27-28,32-33H,2-11,20-22,31H2,1H3/t27-,28+/m1/s1. The van der Waals surface area contributed by atoms with Gasteiger partial charge in [-0.05, 0) is 54.7 Å². The quantitative estimate of drug-likeness (QED) is 0.135. The number of Topliss-reactive ketones (excluding diaryl/α,β-unsaturated/α-hetero) is 1. The molecule has 0 aliphatic rings. The van der Waals surface area contributed by atoms with Crippen LogP contribution in [0.3, 0.4) is 0 Å². The number of hydrogen-bond donors (Lipinski definition) is 3. The topological polar surface area (TPSA) is 110 Å².